The van der Waals surface area contributed by atoms with Crippen molar-refractivity contribution in [3.05, 3.63) is 18.2 Å². The number of aromatic nitrogens is 2. The molecule has 3 atom stereocenters. The molecule has 1 aliphatic carbocycles. The number of imidazole rings is 1. The number of nitrogens with two attached hydrogens (primary N) is 1. The molecule has 8 heteroatoms. The third-order valence-electron chi connectivity index (χ3n) is 4.90. The van der Waals surface area contributed by atoms with Crippen LogP contribution in [-0.2, 0) is 15.8 Å². The Hall–Kier alpha value is -1.01. The smallest absolute Gasteiger partial charge is 0.203 e. The fraction of sp³-hybridized carbons (Fsp3) is 0.765. The maximum atomic E-state index is 12.4. The van der Waals surface area contributed by atoms with Crippen LogP contribution in [0.4, 0.5) is 0 Å². The highest BCUT2D eigenvalue weighted by Gasteiger charge is 2.28. The molecule has 1 aromatic heterocycles. The van der Waals surface area contributed by atoms with Crippen molar-refractivity contribution < 1.29 is 19.4 Å². The minimum absolute atomic E-state index is 0.111. The zero-order valence-electron chi connectivity index (χ0n) is 14.6. The molecule has 5 N–H and O–H groups in total. The molecule has 2 rings (SSSR count). The molecule has 25 heavy (non-hydrogen) atoms. The zero-order valence-corrected chi connectivity index (χ0v) is 15.5. The summed E-state index contributed by atoms with van der Waals surface area (Å²) in [5.74, 6) is 0.134. The third-order valence-corrected chi connectivity index (χ3v) is 6.98. The summed E-state index contributed by atoms with van der Waals surface area (Å²) in [5.41, 5.74) is 6.65. The van der Waals surface area contributed by atoms with E-state index in [1.54, 1.807) is 6.20 Å². The maximum Gasteiger partial charge on any atom is 0.203 e. The van der Waals surface area contributed by atoms with Gasteiger partial charge in [-0.25, -0.2) is 4.98 Å². The molecule has 1 heterocycles. The van der Waals surface area contributed by atoms with Crippen LogP contribution in [-0.4, -0.2) is 50.2 Å². The molecule has 0 saturated heterocycles. The Labute approximate surface area is 148 Å². The fourth-order valence-electron chi connectivity index (χ4n) is 3.51. The van der Waals surface area contributed by atoms with Crippen molar-refractivity contribution in [2.24, 2.45) is 11.7 Å². The highest BCUT2D eigenvalue weighted by Crippen LogP contribution is 2.46. The number of Topliss-reactive ketones (excluding diaryl/α,β-unsaturated/α-hetero) is 1. The number of nitrogens with zero attached hydrogens (tertiary/aromatic N) is 1. The van der Waals surface area contributed by atoms with Gasteiger partial charge in [-0.2, -0.15) is 0 Å². The van der Waals surface area contributed by atoms with Crippen LogP contribution in [0.5, 0.6) is 0 Å². The first-order valence-electron chi connectivity index (χ1n) is 9.10. The van der Waals surface area contributed by atoms with Gasteiger partial charge in [-0.1, -0.05) is 19.3 Å². The van der Waals surface area contributed by atoms with Gasteiger partial charge in [0.15, 0.2) is 0 Å². The quantitative estimate of drug-likeness (QED) is 0.465. The Morgan fingerprint density at radius 1 is 1.40 bits per heavy atom. The highest BCUT2D eigenvalue weighted by atomic mass is 31.2. The maximum absolute atomic E-state index is 12.4. The summed E-state index contributed by atoms with van der Waals surface area (Å²) in [7, 11) is -3.35. The average molecular weight is 371 g/mol. The van der Waals surface area contributed by atoms with Crippen LogP contribution in [0.1, 0.15) is 50.6 Å². The van der Waals surface area contributed by atoms with E-state index >= 15 is 0 Å². The minimum atomic E-state index is -3.35. The topological polar surface area (TPSA) is 129 Å². The number of rotatable bonds is 10. The molecule has 142 valence electrons. The number of hydrogen-bond acceptors (Lipinski definition) is 5. The molecule has 1 aromatic rings. The molecule has 1 aliphatic rings. The van der Waals surface area contributed by atoms with Crippen LogP contribution in [0.2, 0.25) is 0 Å². The average Bonchev–Trinajstić information content (AvgIpc) is 3.05. The second kappa shape index (κ2) is 9.62. The Kier molecular flexibility index (Phi) is 7.81. The molecule has 0 aromatic carbocycles. The molecular weight excluding hydrogens is 341 g/mol. The molecule has 0 aliphatic heterocycles. The Balaban J connectivity index is 1.70. The van der Waals surface area contributed by atoms with Gasteiger partial charge in [-0.3, -0.25) is 9.36 Å². The first-order chi connectivity index (χ1) is 11.9. The van der Waals surface area contributed by atoms with Gasteiger partial charge >= 0.3 is 0 Å². The summed E-state index contributed by atoms with van der Waals surface area (Å²) in [6.45, 7) is 0. The Morgan fingerprint density at radius 3 is 2.76 bits per heavy atom. The first kappa shape index (κ1) is 20.3. The lowest BCUT2D eigenvalue weighted by molar-refractivity contribution is -0.120. The monoisotopic (exact) mass is 371 g/mol. The number of carbonyl (C=O) groups excluding carboxylic acids is 1. The van der Waals surface area contributed by atoms with Gasteiger partial charge in [0.25, 0.3) is 0 Å². The summed E-state index contributed by atoms with van der Waals surface area (Å²) < 4.78 is 12.4. The number of H-pyrrole nitrogens is 1. The molecule has 0 bridgehead atoms. The van der Waals surface area contributed by atoms with Crippen LogP contribution >= 0.6 is 7.37 Å². The second-order valence-electron chi connectivity index (χ2n) is 7.26. The van der Waals surface area contributed by atoms with Gasteiger partial charge in [-0.05, 0) is 25.2 Å². The molecule has 7 nitrogen and oxygen atoms in total. The number of aliphatic hydroxyl groups is 1. The van der Waals surface area contributed by atoms with E-state index in [-0.39, 0.29) is 30.9 Å². The van der Waals surface area contributed by atoms with Gasteiger partial charge in [0.05, 0.1) is 24.6 Å². The normalized spacial score (nSPS) is 20.8. The van der Waals surface area contributed by atoms with Crippen molar-refractivity contribution in [3.63, 3.8) is 0 Å². The lowest BCUT2D eigenvalue weighted by Gasteiger charge is -2.25. The summed E-state index contributed by atoms with van der Waals surface area (Å²) in [6.07, 6.45) is 8.47. The molecule has 0 radical (unpaired) electrons. The Bertz CT molecular complexity index is 572. The van der Waals surface area contributed by atoms with E-state index in [1.165, 1.54) is 12.7 Å². The van der Waals surface area contributed by atoms with Crippen molar-refractivity contribution in [1.82, 2.24) is 9.97 Å². The summed E-state index contributed by atoms with van der Waals surface area (Å²) in [5, 5.41) is 10.1. The Morgan fingerprint density at radius 2 is 2.12 bits per heavy atom. The van der Waals surface area contributed by atoms with Crippen molar-refractivity contribution >= 4 is 13.2 Å². The zero-order chi connectivity index (χ0) is 18.3. The van der Waals surface area contributed by atoms with E-state index in [0.717, 1.165) is 31.4 Å². The van der Waals surface area contributed by atoms with E-state index in [0.29, 0.717) is 12.3 Å². The van der Waals surface area contributed by atoms with Crippen molar-refractivity contribution in [2.75, 3.05) is 12.3 Å². The standard InChI is InChI=1S/C17H30N3O4P/c18-16(8-14-9-19-12-20-14)17(22)7-6-15(21)11-25(23,24)10-13-4-2-1-3-5-13/h9,12-13,15-16,21H,1-8,10-11,18H2,(H,19,20)(H,23,24)/t15-,16+/m1/s1. The van der Waals surface area contributed by atoms with Crippen LogP contribution in [0.3, 0.4) is 0 Å². The van der Waals surface area contributed by atoms with Crippen LogP contribution < -0.4 is 5.73 Å². The lowest BCUT2D eigenvalue weighted by Crippen LogP contribution is -2.33. The van der Waals surface area contributed by atoms with Crippen molar-refractivity contribution in [3.8, 4) is 0 Å². The van der Waals surface area contributed by atoms with Crippen LogP contribution in [0.15, 0.2) is 12.5 Å². The number of nitrogens with one attached hydrogen (secondary N) is 1. The SMILES string of the molecule is N[C@@H](Cc1cnc[nH]1)C(=O)CC[C@@H](O)CP(=O)(O)CC1CCCCC1. The predicted molar refractivity (Wildman–Crippen MR) is 96.6 cm³/mol. The fourth-order valence-corrected chi connectivity index (χ4v) is 5.67. The van der Waals surface area contributed by atoms with Gasteiger partial charge in [0, 0.05) is 30.9 Å². The van der Waals surface area contributed by atoms with Gasteiger partial charge in [0.2, 0.25) is 7.37 Å². The summed E-state index contributed by atoms with van der Waals surface area (Å²) >= 11 is 0. The minimum Gasteiger partial charge on any atom is -0.393 e. The second-order valence-corrected chi connectivity index (χ2v) is 9.68. The number of carbonyl (C=O) groups is 1. The number of aromatic amines is 1. The third kappa shape index (κ3) is 7.40. The highest BCUT2D eigenvalue weighted by molar-refractivity contribution is 7.58. The molecule has 0 amide bonds. The summed E-state index contributed by atoms with van der Waals surface area (Å²) in [4.78, 5) is 29.0. The van der Waals surface area contributed by atoms with Gasteiger partial charge in [-0.15, -0.1) is 0 Å². The van der Waals surface area contributed by atoms with E-state index in [2.05, 4.69) is 9.97 Å². The molecule has 0 spiro atoms. The molecule has 1 saturated carbocycles. The van der Waals surface area contributed by atoms with Gasteiger partial charge < -0.3 is 20.7 Å². The first-order valence-corrected chi connectivity index (χ1v) is 11.1. The van der Waals surface area contributed by atoms with Crippen LogP contribution in [0.25, 0.3) is 0 Å². The van der Waals surface area contributed by atoms with E-state index in [9.17, 15) is 19.4 Å². The molecule has 1 fully saturated rings. The van der Waals surface area contributed by atoms with E-state index < -0.39 is 19.5 Å². The van der Waals surface area contributed by atoms with Crippen LogP contribution in [0, 0.1) is 5.92 Å². The largest absolute Gasteiger partial charge is 0.393 e. The lowest BCUT2D eigenvalue weighted by atomic mass is 9.91. The van der Waals surface area contributed by atoms with Gasteiger partial charge in [0.1, 0.15) is 5.78 Å². The molecule has 1 unspecified atom stereocenters. The number of ketones is 1. The van der Waals surface area contributed by atoms with E-state index in [4.69, 9.17) is 5.73 Å². The number of hydrogen-bond donors (Lipinski definition) is 4. The van der Waals surface area contributed by atoms with Crippen molar-refractivity contribution in [1.29, 1.82) is 0 Å². The number of aliphatic hydroxyl groups excluding tert-OH is 1. The summed E-state index contributed by atoms with van der Waals surface area (Å²) in [6, 6.07) is -0.657. The predicted octanol–water partition coefficient (Wildman–Crippen LogP) is 1.84. The van der Waals surface area contributed by atoms with E-state index in [1.807, 2.05) is 0 Å². The van der Waals surface area contributed by atoms with Crippen molar-refractivity contribution in [2.45, 2.75) is 63.5 Å². The molecular formula is C17H30N3O4P.